The van der Waals surface area contributed by atoms with Gasteiger partial charge in [0.1, 0.15) is 17.3 Å². The molecule has 176 valence electrons. The second-order valence-electron chi connectivity index (χ2n) is 8.86. The number of hydrogen-bond donors (Lipinski definition) is 0. The van der Waals surface area contributed by atoms with Crippen LogP contribution in [0.25, 0.3) is 17.9 Å². The summed E-state index contributed by atoms with van der Waals surface area (Å²) in [4.78, 5) is 28.0. The Kier molecular flexibility index (Phi) is 5.44. The molecule has 1 fully saturated rings. The molecule has 35 heavy (non-hydrogen) atoms. The number of imide groups is 1. The number of anilines is 2. The van der Waals surface area contributed by atoms with Gasteiger partial charge in [-0.3, -0.25) is 14.5 Å². The molecule has 0 aromatic heterocycles. The van der Waals surface area contributed by atoms with Crippen LogP contribution in [0.15, 0.2) is 61.2 Å². The minimum absolute atomic E-state index is 0.203. The van der Waals surface area contributed by atoms with E-state index in [9.17, 15) is 9.59 Å². The van der Waals surface area contributed by atoms with Crippen LogP contribution >= 0.6 is 0 Å². The van der Waals surface area contributed by atoms with Gasteiger partial charge in [-0.15, -0.1) is 0 Å². The first-order valence-corrected chi connectivity index (χ1v) is 11.3. The molecule has 2 amide bonds. The summed E-state index contributed by atoms with van der Waals surface area (Å²) in [5, 5.41) is 1.76. The van der Waals surface area contributed by atoms with Crippen LogP contribution in [-0.4, -0.2) is 33.0 Å². The number of methoxy groups -OCH3 is 1. The van der Waals surface area contributed by atoms with Gasteiger partial charge in [-0.2, -0.15) is 0 Å². The summed E-state index contributed by atoms with van der Waals surface area (Å²) in [6.07, 6.45) is 0.441. The first-order valence-electron chi connectivity index (χ1n) is 11.3. The zero-order valence-electron chi connectivity index (χ0n) is 20.1. The van der Waals surface area contributed by atoms with Gasteiger partial charge in [0.2, 0.25) is 11.8 Å². The Balaban J connectivity index is 1.80. The molecule has 0 aliphatic carbocycles. The number of carbonyl (C=O) groups is 2. The number of benzene rings is 3. The van der Waals surface area contributed by atoms with Gasteiger partial charge in [0.15, 0.2) is 0 Å². The Morgan fingerprint density at radius 1 is 0.943 bits per heavy atom. The molecule has 0 N–H and O–H groups in total. The lowest BCUT2D eigenvalue weighted by atomic mass is 9.88. The summed E-state index contributed by atoms with van der Waals surface area (Å²) < 4.78 is 11.9. The van der Waals surface area contributed by atoms with E-state index in [0.717, 1.165) is 38.6 Å². The SMILES string of the molecule is C=C(OC)c1cc(N2C(=O)CCC2=O)ccc1C1=c2ccc(=C)cc2Oc2cc(N(C)C)ccc21. The van der Waals surface area contributed by atoms with Crippen molar-refractivity contribution in [1.29, 1.82) is 0 Å². The highest BCUT2D eigenvalue weighted by molar-refractivity contribution is 6.20. The molecule has 0 spiro atoms. The van der Waals surface area contributed by atoms with Crippen LogP contribution in [0.1, 0.15) is 29.5 Å². The third kappa shape index (κ3) is 3.77. The van der Waals surface area contributed by atoms with Crippen molar-refractivity contribution in [3.63, 3.8) is 0 Å². The average Bonchev–Trinajstić information content (AvgIpc) is 3.18. The van der Waals surface area contributed by atoms with Crippen LogP contribution < -0.4 is 25.0 Å². The lowest BCUT2D eigenvalue weighted by molar-refractivity contribution is -0.121. The zero-order chi connectivity index (χ0) is 24.9. The maximum Gasteiger partial charge on any atom is 0.234 e. The molecule has 2 aliphatic rings. The molecule has 0 atom stereocenters. The molecule has 1 saturated heterocycles. The second-order valence-corrected chi connectivity index (χ2v) is 8.86. The van der Waals surface area contributed by atoms with E-state index in [1.165, 1.54) is 4.90 Å². The van der Waals surface area contributed by atoms with Crippen LogP contribution in [0.4, 0.5) is 11.4 Å². The molecular formula is C29H26N2O4. The molecule has 5 rings (SSSR count). The Labute approximate surface area is 204 Å². The lowest BCUT2D eigenvalue weighted by Gasteiger charge is -2.25. The van der Waals surface area contributed by atoms with Gasteiger partial charge in [0.25, 0.3) is 0 Å². The van der Waals surface area contributed by atoms with Crippen molar-refractivity contribution < 1.29 is 19.1 Å². The van der Waals surface area contributed by atoms with Crippen molar-refractivity contribution >= 4 is 41.1 Å². The molecule has 0 unspecified atom stereocenters. The fraction of sp³-hybridized carbons (Fsp3) is 0.172. The van der Waals surface area contributed by atoms with Crippen molar-refractivity contribution in [3.8, 4) is 11.5 Å². The molecule has 3 aromatic rings. The molecular weight excluding hydrogens is 440 g/mol. The standard InChI is InChI=1S/C29H26N2O4/c1-17-6-9-22-25(14-17)35-26-16-19(30(3)4)7-11-23(26)29(22)21-10-8-20(15-24(21)18(2)34-5)31-27(32)12-13-28(31)33/h6-11,14-16H,1-2,12-13H2,3-5H3. The number of ether oxygens (including phenoxy) is 2. The van der Waals surface area contributed by atoms with Gasteiger partial charge in [-0.1, -0.05) is 31.4 Å². The van der Waals surface area contributed by atoms with E-state index in [4.69, 9.17) is 9.47 Å². The predicted octanol–water partition coefficient (Wildman–Crippen LogP) is 3.79. The summed E-state index contributed by atoms with van der Waals surface area (Å²) >= 11 is 0. The van der Waals surface area contributed by atoms with Crippen molar-refractivity contribution in [2.45, 2.75) is 12.8 Å². The van der Waals surface area contributed by atoms with Crippen LogP contribution in [0.2, 0.25) is 0 Å². The first-order chi connectivity index (χ1) is 16.8. The molecule has 3 aromatic carbocycles. The molecule has 2 heterocycles. The number of rotatable bonds is 5. The van der Waals surface area contributed by atoms with Crippen molar-refractivity contribution in [3.05, 3.63) is 88.3 Å². The highest BCUT2D eigenvalue weighted by atomic mass is 16.5. The lowest BCUT2D eigenvalue weighted by Crippen LogP contribution is -2.28. The Bertz CT molecular complexity index is 1500. The fourth-order valence-electron chi connectivity index (χ4n) is 4.59. The van der Waals surface area contributed by atoms with Crippen molar-refractivity contribution in [2.24, 2.45) is 0 Å². The largest absolute Gasteiger partial charge is 0.497 e. The summed E-state index contributed by atoms with van der Waals surface area (Å²) in [5.41, 5.74) is 4.96. The third-order valence-electron chi connectivity index (χ3n) is 6.42. The maximum absolute atomic E-state index is 12.4. The minimum Gasteiger partial charge on any atom is -0.497 e. The topological polar surface area (TPSA) is 59.1 Å². The Hall–Kier alpha value is -4.32. The number of fused-ring (bicyclic) bond motifs is 2. The summed E-state index contributed by atoms with van der Waals surface area (Å²) in [5.74, 6) is 1.46. The fourth-order valence-corrected chi connectivity index (χ4v) is 4.59. The minimum atomic E-state index is -0.203. The van der Waals surface area contributed by atoms with Gasteiger partial charge in [0, 0.05) is 60.6 Å². The molecule has 0 bridgehead atoms. The Morgan fingerprint density at radius 2 is 1.66 bits per heavy atom. The van der Waals surface area contributed by atoms with Crippen LogP contribution in [0.5, 0.6) is 11.5 Å². The molecule has 2 aliphatic heterocycles. The van der Waals surface area contributed by atoms with Crippen LogP contribution in [0, 0.1) is 0 Å². The second kappa shape index (κ2) is 8.47. The molecule has 6 heteroatoms. The van der Waals surface area contributed by atoms with Crippen molar-refractivity contribution in [1.82, 2.24) is 0 Å². The van der Waals surface area contributed by atoms with E-state index >= 15 is 0 Å². The smallest absolute Gasteiger partial charge is 0.234 e. The van der Waals surface area contributed by atoms with Gasteiger partial charge >= 0.3 is 0 Å². The predicted molar refractivity (Wildman–Crippen MR) is 138 cm³/mol. The van der Waals surface area contributed by atoms with Gasteiger partial charge in [-0.05, 0) is 41.1 Å². The van der Waals surface area contributed by atoms with Crippen LogP contribution in [-0.2, 0) is 14.3 Å². The van der Waals surface area contributed by atoms with E-state index in [0.29, 0.717) is 22.8 Å². The first kappa shape index (κ1) is 22.5. The normalized spacial score (nSPS) is 14.4. The molecule has 0 radical (unpaired) electrons. The number of amides is 2. The van der Waals surface area contributed by atoms with Gasteiger partial charge in [0.05, 0.1) is 12.8 Å². The number of hydrogen-bond acceptors (Lipinski definition) is 5. The van der Waals surface area contributed by atoms with Crippen LogP contribution in [0.3, 0.4) is 0 Å². The van der Waals surface area contributed by atoms with E-state index in [1.807, 2.05) is 61.5 Å². The quantitative estimate of drug-likeness (QED) is 0.331. The van der Waals surface area contributed by atoms with E-state index in [-0.39, 0.29) is 24.7 Å². The summed E-state index contributed by atoms with van der Waals surface area (Å²) in [6.45, 7) is 8.15. The van der Waals surface area contributed by atoms with Gasteiger partial charge in [-0.25, -0.2) is 0 Å². The maximum atomic E-state index is 12.4. The number of carbonyl (C=O) groups excluding carboxylic acids is 2. The van der Waals surface area contributed by atoms with E-state index in [2.05, 4.69) is 13.2 Å². The third-order valence-corrected chi connectivity index (χ3v) is 6.42. The monoisotopic (exact) mass is 466 g/mol. The highest BCUT2D eigenvalue weighted by Crippen LogP contribution is 2.41. The van der Waals surface area contributed by atoms with E-state index < -0.39 is 0 Å². The summed E-state index contributed by atoms with van der Waals surface area (Å²) in [7, 11) is 5.52. The van der Waals surface area contributed by atoms with Gasteiger partial charge < -0.3 is 14.4 Å². The van der Waals surface area contributed by atoms with Crippen molar-refractivity contribution in [2.75, 3.05) is 31.0 Å². The average molecular weight is 467 g/mol. The summed E-state index contributed by atoms with van der Waals surface area (Å²) in [6, 6.07) is 17.5. The number of nitrogens with zero attached hydrogens (tertiary/aromatic N) is 2. The zero-order valence-corrected chi connectivity index (χ0v) is 20.1. The highest BCUT2D eigenvalue weighted by Gasteiger charge is 2.31. The molecule has 6 nitrogen and oxygen atoms in total. The molecule has 0 saturated carbocycles. The Morgan fingerprint density at radius 3 is 2.34 bits per heavy atom. The van der Waals surface area contributed by atoms with E-state index in [1.54, 1.807) is 19.2 Å².